The molecule has 0 saturated carbocycles. The molecule has 0 fully saturated rings. The van der Waals surface area contributed by atoms with E-state index in [1.165, 1.54) is 0 Å². The number of rotatable bonds is 3. The van der Waals surface area contributed by atoms with Crippen molar-refractivity contribution in [2.75, 3.05) is 0 Å². The second kappa shape index (κ2) is 4.21. The van der Waals surface area contributed by atoms with Gasteiger partial charge in [-0.2, -0.15) is 9.64 Å². The lowest BCUT2D eigenvalue weighted by molar-refractivity contribution is 0.0692. The quantitative estimate of drug-likeness (QED) is 0.838. The van der Waals surface area contributed by atoms with Crippen LogP contribution in [-0.4, -0.2) is 15.4 Å². The number of aromatic carboxylic acids is 1. The summed E-state index contributed by atoms with van der Waals surface area (Å²) in [6.07, 6.45) is 0.779. The van der Waals surface area contributed by atoms with E-state index in [4.69, 9.17) is 22.0 Å². The molecule has 0 spiro atoms. The fourth-order valence-corrected chi connectivity index (χ4v) is 1.88. The number of hydrogen-bond donors (Lipinski definition) is 1. The van der Waals surface area contributed by atoms with E-state index in [1.54, 1.807) is 0 Å². The predicted octanol–water partition coefficient (Wildman–Crippen LogP) is 1.95. The van der Waals surface area contributed by atoms with Gasteiger partial charge in [0.25, 0.3) is 0 Å². The van der Waals surface area contributed by atoms with Gasteiger partial charge in [-0.15, -0.1) is 0 Å². The first-order valence-electron chi connectivity index (χ1n) is 3.41. The Hall–Kier alpha value is -1.12. The Balaban J connectivity index is 2.88. The lowest BCUT2D eigenvalue weighted by Crippen LogP contribution is -1.96. The molecule has 0 aliphatic rings. The number of aryl methyl sites for hydroxylation is 1. The SMILES string of the molecule is N#CCCc1snc(C(=O)O)c1Cl. The number of nitrogens with zero attached hydrogens (tertiary/aromatic N) is 2. The summed E-state index contributed by atoms with van der Waals surface area (Å²) in [6.45, 7) is 0. The second-order valence-electron chi connectivity index (χ2n) is 2.23. The topological polar surface area (TPSA) is 74.0 Å². The lowest BCUT2D eigenvalue weighted by atomic mass is 10.2. The van der Waals surface area contributed by atoms with Gasteiger partial charge in [-0.3, -0.25) is 0 Å². The van der Waals surface area contributed by atoms with Gasteiger partial charge in [0, 0.05) is 11.3 Å². The number of carbonyl (C=O) groups is 1. The summed E-state index contributed by atoms with van der Waals surface area (Å²) in [6, 6.07) is 1.95. The van der Waals surface area contributed by atoms with Crippen LogP contribution in [0.5, 0.6) is 0 Å². The molecule has 68 valence electrons. The van der Waals surface area contributed by atoms with Crippen molar-refractivity contribution < 1.29 is 9.90 Å². The average Bonchev–Trinajstić information content (AvgIpc) is 2.43. The highest BCUT2D eigenvalue weighted by atomic mass is 35.5. The third-order valence-electron chi connectivity index (χ3n) is 1.37. The third kappa shape index (κ3) is 2.17. The zero-order chi connectivity index (χ0) is 9.84. The molecule has 0 saturated heterocycles. The number of halogens is 1. The maximum Gasteiger partial charge on any atom is 0.357 e. The van der Waals surface area contributed by atoms with Crippen LogP contribution in [-0.2, 0) is 6.42 Å². The van der Waals surface area contributed by atoms with E-state index in [1.807, 2.05) is 6.07 Å². The smallest absolute Gasteiger partial charge is 0.357 e. The van der Waals surface area contributed by atoms with Crippen LogP contribution in [0, 0.1) is 11.3 Å². The summed E-state index contributed by atoms with van der Waals surface area (Å²) in [5.41, 5.74) is -0.125. The summed E-state index contributed by atoms with van der Waals surface area (Å²) in [5.74, 6) is -1.13. The highest BCUT2D eigenvalue weighted by Gasteiger charge is 2.16. The maximum absolute atomic E-state index is 10.5. The monoisotopic (exact) mass is 216 g/mol. The Bertz CT molecular complexity index is 369. The molecule has 6 heteroatoms. The van der Waals surface area contributed by atoms with E-state index in [-0.39, 0.29) is 10.7 Å². The molecule has 0 atom stereocenters. The highest BCUT2D eigenvalue weighted by Crippen LogP contribution is 2.25. The van der Waals surface area contributed by atoms with Crippen molar-refractivity contribution in [2.45, 2.75) is 12.8 Å². The summed E-state index contributed by atoms with van der Waals surface area (Å²) >= 11 is 6.74. The minimum atomic E-state index is -1.13. The van der Waals surface area contributed by atoms with Crippen molar-refractivity contribution in [3.05, 3.63) is 15.6 Å². The van der Waals surface area contributed by atoms with Crippen molar-refractivity contribution in [1.82, 2.24) is 4.37 Å². The highest BCUT2D eigenvalue weighted by molar-refractivity contribution is 7.06. The molecule has 0 aliphatic heterocycles. The van der Waals surface area contributed by atoms with E-state index < -0.39 is 5.97 Å². The molecule has 1 N–H and O–H groups in total. The van der Waals surface area contributed by atoms with Gasteiger partial charge < -0.3 is 5.11 Å². The van der Waals surface area contributed by atoms with Gasteiger partial charge in [-0.05, 0) is 18.0 Å². The van der Waals surface area contributed by atoms with Crippen molar-refractivity contribution >= 4 is 29.1 Å². The standard InChI is InChI=1S/C7H5ClN2O2S/c8-5-4(2-1-3-9)13-10-6(5)7(11)12/h1-2H2,(H,11,12). The number of carboxylic acids is 1. The molecule has 0 amide bonds. The van der Waals surface area contributed by atoms with Crippen molar-refractivity contribution in [3.8, 4) is 6.07 Å². The molecular formula is C7H5ClN2O2S. The van der Waals surface area contributed by atoms with E-state index in [2.05, 4.69) is 4.37 Å². The van der Waals surface area contributed by atoms with E-state index >= 15 is 0 Å². The van der Waals surface area contributed by atoms with Crippen LogP contribution in [0.4, 0.5) is 0 Å². The minimum absolute atomic E-state index is 0.125. The molecule has 1 rings (SSSR count). The Morgan fingerprint density at radius 2 is 2.46 bits per heavy atom. The van der Waals surface area contributed by atoms with Crippen molar-refractivity contribution in [3.63, 3.8) is 0 Å². The fourth-order valence-electron chi connectivity index (χ4n) is 0.771. The third-order valence-corrected chi connectivity index (χ3v) is 2.79. The van der Waals surface area contributed by atoms with Crippen molar-refractivity contribution in [2.24, 2.45) is 0 Å². The molecular weight excluding hydrogens is 212 g/mol. The van der Waals surface area contributed by atoms with E-state index in [0.717, 1.165) is 11.5 Å². The van der Waals surface area contributed by atoms with Crippen LogP contribution in [0.2, 0.25) is 5.02 Å². The minimum Gasteiger partial charge on any atom is -0.476 e. The van der Waals surface area contributed by atoms with Crippen LogP contribution in [0.3, 0.4) is 0 Å². The number of aromatic nitrogens is 1. The number of carboxylic acid groups (broad SMARTS) is 1. The number of hydrogen-bond acceptors (Lipinski definition) is 4. The van der Waals surface area contributed by atoms with Crippen molar-refractivity contribution in [1.29, 1.82) is 5.26 Å². The van der Waals surface area contributed by atoms with Crippen LogP contribution in [0.1, 0.15) is 21.8 Å². The second-order valence-corrected chi connectivity index (χ2v) is 3.47. The molecule has 13 heavy (non-hydrogen) atoms. The largest absolute Gasteiger partial charge is 0.476 e. The molecule has 1 heterocycles. The predicted molar refractivity (Wildman–Crippen MR) is 48.0 cm³/mol. The molecule has 0 unspecified atom stereocenters. The molecule has 0 aliphatic carbocycles. The molecule has 1 aromatic heterocycles. The van der Waals surface area contributed by atoms with Crippen LogP contribution in [0.15, 0.2) is 0 Å². The summed E-state index contributed by atoms with van der Waals surface area (Å²) in [4.78, 5) is 11.2. The van der Waals surface area contributed by atoms with Gasteiger partial charge in [0.15, 0.2) is 5.69 Å². The Kier molecular flexibility index (Phi) is 3.23. The van der Waals surface area contributed by atoms with Gasteiger partial charge in [-0.25, -0.2) is 4.79 Å². The fraction of sp³-hybridized carbons (Fsp3) is 0.286. The van der Waals surface area contributed by atoms with Gasteiger partial charge in [0.1, 0.15) is 0 Å². The molecule has 4 nitrogen and oxygen atoms in total. The average molecular weight is 217 g/mol. The summed E-state index contributed by atoms with van der Waals surface area (Å²) < 4.78 is 3.67. The first-order chi connectivity index (χ1) is 6.16. The summed E-state index contributed by atoms with van der Waals surface area (Å²) in [5, 5.41) is 17.1. The Morgan fingerprint density at radius 1 is 1.77 bits per heavy atom. The summed E-state index contributed by atoms with van der Waals surface area (Å²) in [7, 11) is 0. The molecule has 0 radical (unpaired) electrons. The zero-order valence-corrected chi connectivity index (χ0v) is 8.02. The molecule has 0 aromatic carbocycles. The van der Waals surface area contributed by atoms with Gasteiger partial charge in [0.05, 0.1) is 11.1 Å². The molecule has 0 bridgehead atoms. The first kappa shape index (κ1) is 9.96. The Morgan fingerprint density at radius 3 is 2.92 bits per heavy atom. The first-order valence-corrected chi connectivity index (χ1v) is 4.56. The van der Waals surface area contributed by atoms with Crippen LogP contribution in [0.25, 0.3) is 0 Å². The van der Waals surface area contributed by atoms with Crippen LogP contribution >= 0.6 is 23.1 Å². The maximum atomic E-state index is 10.5. The molecule has 1 aromatic rings. The zero-order valence-electron chi connectivity index (χ0n) is 6.45. The van der Waals surface area contributed by atoms with E-state index in [0.29, 0.717) is 17.7 Å². The van der Waals surface area contributed by atoms with E-state index in [9.17, 15) is 4.79 Å². The number of nitriles is 1. The van der Waals surface area contributed by atoms with Crippen LogP contribution < -0.4 is 0 Å². The van der Waals surface area contributed by atoms with Gasteiger partial charge in [0.2, 0.25) is 0 Å². The Labute approximate surface area is 83.5 Å². The normalized spacial score (nSPS) is 9.54. The van der Waals surface area contributed by atoms with Gasteiger partial charge in [-0.1, -0.05) is 11.6 Å². The lowest BCUT2D eigenvalue weighted by Gasteiger charge is -1.90. The van der Waals surface area contributed by atoms with Gasteiger partial charge >= 0.3 is 5.97 Å².